The summed E-state index contributed by atoms with van der Waals surface area (Å²) in [7, 11) is 1.48. The van der Waals surface area contributed by atoms with Crippen molar-refractivity contribution in [3.8, 4) is 5.75 Å². The molecule has 2 aromatic carbocycles. The van der Waals surface area contributed by atoms with E-state index in [2.05, 4.69) is 16.0 Å². The van der Waals surface area contributed by atoms with Gasteiger partial charge >= 0.3 is 0 Å². The first-order valence-electron chi connectivity index (χ1n) is 9.09. The van der Waals surface area contributed by atoms with E-state index in [-0.39, 0.29) is 17.6 Å². The number of amides is 2. The molecule has 0 bridgehead atoms. The first-order chi connectivity index (χ1) is 13.4. The lowest BCUT2D eigenvalue weighted by Gasteiger charge is -2.20. The average molecular weight is 379 g/mol. The number of ketones is 1. The molecule has 2 heterocycles. The minimum absolute atomic E-state index is 0.0820. The summed E-state index contributed by atoms with van der Waals surface area (Å²) < 4.78 is 5.31. The van der Waals surface area contributed by atoms with Crippen molar-refractivity contribution in [3.63, 3.8) is 0 Å². The Kier molecular flexibility index (Phi) is 4.39. The van der Waals surface area contributed by atoms with Gasteiger partial charge in [-0.3, -0.25) is 14.4 Å². The van der Waals surface area contributed by atoms with E-state index in [1.165, 1.54) is 14.0 Å². The maximum atomic E-state index is 12.8. The number of Topliss-reactive ketones (excluding diaryl/α,β-unsaturated/α-hetero) is 1. The van der Waals surface area contributed by atoms with Crippen LogP contribution >= 0.6 is 0 Å². The van der Waals surface area contributed by atoms with Gasteiger partial charge in [-0.1, -0.05) is 18.2 Å². The van der Waals surface area contributed by atoms with E-state index in [4.69, 9.17) is 4.74 Å². The third kappa shape index (κ3) is 2.84. The first kappa shape index (κ1) is 18.2. The lowest BCUT2D eigenvalue weighted by Crippen LogP contribution is -2.36. The Bertz CT molecular complexity index is 987. The minimum Gasteiger partial charge on any atom is -0.495 e. The molecule has 3 N–H and O–H groups in total. The van der Waals surface area contributed by atoms with Gasteiger partial charge in [-0.05, 0) is 43.2 Å². The quantitative estimate of drug-likeness (QED) is 0.707. The van der Waals surface area contributed by atoms with E-state index in [1.54, 1.807) is 18.2 Å². The van der Waals surface area contributed by atoms with E-state index in [0.29, 0.717) is 30.0 Å². The molecule has 0 radical (unpaired) electrons. The number of carbonyl (C=O) groups excluding carboxylic acids is 3. The number of carbonyl (C=O) groups is 3. The predicted octanol–water partition coefficient (Wildman–Crippen LogP) is 2.09. The highest BCUT2D eigenvalue weighted by Crippen LogP contribution is 2.43. The Labute approximate surface area is 162 Å². The molecule has 4 rings (SSSR count). The molecule has 0 aromatic heterocycles. The third-order valence-corrected chi connectivity index (χ3v) is 5.51. The van der Waals surface area contributed by atoms with Crippen LogP contribution in [0.2, 0.25) is 0 Å². The summed E-state index contributed by atoms with van der Waals surface area (Å²) in [5, 5.41) is 8.94. The lowest BCUT2D eigenvalue weighted by atomic mass is 9.79. The fourth-order valence-electron chi connectivity index (χ4n) is 3.96. The number of ether oxygens (including phenoxy) is 1. The fraction of sp³-hybridized carbons (Fsp3) is 0.286. The number of methoxy groups -OCH3 is 1. The van der Waals surface area contributed by atoms with Crippen LogP contribution in [0.4, 0.5) is 11.4 Å². The molecule has 2 aromatic rings. The van der Waals surface area contributed by atoms with Crippen LogP contribution in [0.1, 0.15) is 29.3 Å². The number of anilines is 2. The Morgan fingerprint density at radius 2 is 2.00 bits per heavy atom. The van der Waals surface area contributed by atoms with E-state index >= 15 is 0 Å². The highest BCUT2D eigenvalue weighted by atomic mass is 16.5. The second-order valence-electron chi connectivity index (χ2n) is 7.18. The van der Waals surface area contributed by atoms with Gasteiger partial charge < -0.3 is 20.7 Å². The van der Waals surface area contributed by atoms with Crippen LogP contribution in [0.15, 0.2) is 42.5 Å². The fourth-order valence-corrected chi connectivity index (χ4v) is 3.96. The first-order valence-corrected chi connectivity index (χ1v) is 9.09. The normalized spacial score (nSPS) is 22.6. The summed E-state index contributed by atoms with van der Waals surface area (Å²) in [5.74, 6) is 0.00188. The van der Waals surface area contributed by atoms with Gasteiger partial charge in [0.1, 0.15) is 5.75 Å². The van der Waals surface area contributed by atoms with Crippen LogP contribution in [0.5, 0.6) is 5.75 Å². The van der Waals surface area contributed by atoms with Gasteiger partial charge in [0.2, 0.25) is 11.8 Å². The van der Waals surface area contributed by atoms with Crippen molar-refractivity contribution < 1.29 is 19.1 Å². The zero-order chi connectivity index (χ0) is 19.9. The van der Waals surface area contributed by atoms with Crippen LogP contribution < -0.4 is 20.7 Å². The zero-order valence-electron chi connectivity index (χ0n) is 15.7. The van der Waals surface area contributed by atoms with E-state index in [0.717, 1.165) is 11.3 Å². The van der Waals surface area contributed by atoms with E-state index in [9.17, 15) is 14.4 Å². The highest BCUT2D eigenvalue weighted by Gasteiger charge is 2.52. The number of nitrogens with one attached hydrogen (secondary N) is 3. The number of benzene rings is 2. The van der Waals surface area contributed by atoms with E-state index < -0.39 is 11.5 Å². The number of fused-ring (bicyclic) bond motifs is 2. The monoisotopic (exact) mass is 379 g/mol. The van der Waals surface area contributed by atoms with Crippen molar-refractivity contribution in [1.29, 1.82) is 0 Å². The SMILES string of the molecule is COc1cc(C(C)=O)ccc1NC(=O)C1CC2(CN1)C(=O)Nc1ccccc12. The van der Waals surface area contributed by atoms with Crippen LogP contribution in [0.25, 0.3) is 0 Å². The lowest BCUT2D eigenvalue weighted by molar-refractivity contribution is -0.120. The zero-order valence-corrected chi connectivity index (χ0v) is 15.7. The molecular formula is C21H21N3O4. The molecule has 2 aliphatic rings. The second kappa shape index (κ2) is 6.76. The molecule has 1 saturated heterocycles. The molecule has 7 nitrogen and oxygen atoms in total. The molecule has 2 amide bonds. The molecule has 7 heteroatoms. The van der Waals surface area contributed by atoms with Crippen LogP contribution in [-0.2, 0) is 15.0 Å². The van der Waals surface area contributed by atoms with Gasteiger partial charge in [-0.25, -0.2) is 0 Å². The summed E-state index contributed by atoms with van der Waals surface area (Å²) in [6, 6.07) is 11.9. The summed E-state index contributed by atoms with van der Waals surface area (Å²) in [6.45, 7) is 1.87. The van der Waals surface area contributed by atoms with Crippen molar-refractivity contribution in [2.45, 2.75) is 24.8 Å². The van der Waals surface area contributed by atoms with Crippen molar-refractivity contribution in [2.24, 2.45) is 0 Å². The van der Waals surface area contributed by atoms with Crippen molar-refractivity contribution in [2.75, 3.05) is 24.3 Å². The highest BCUT2D eigenvalue weighted by molar-refractivity contribution is 6.08. The Balaban J connectivity index is 1.54. The van der Waals surface area contributed by atoms with Gasteiger partial charge in [-0.2, -0.15) is 0 Å². The number of rotatable bonds is 4. The molecular weight excluding hydrogens is 358 g/mol. The smallest absolute Gasteiger partial charge is 0.241 e. The summed E-state index contributed by atoms with van der Waals surface area (Å²) in [4.78, 5) is 37.0. The summed E-state index contributed by atoms with van der Waals surface area (Å²) in [5.41, 5.74) is 1.98. The summed E-state index contributed by atoms with van der Waals surface area (Å²) >= 11 is 0. The largest absolute Gasteiger partial charge is 0.495 e. The Hall–Kier alpha value is -3.19. The van der Waals surface area contributed by atoms with Gasteiger partial charge in [0, 0.05) is 17.8 Å². The standard InChI is InChI=1S/C21H21N3O4/c1-12(25)13-7-8-16(18(9-13)28-2)23-19(26)17-10-21(11-22-17)14-5-3-4-6-15(14)24-20(21)27/h3-9,17,22H,10-11H2,1-2H3,(H,23,26)(H,24,27). The maximum Gasteiger partial charge on any atom is 0.241 e. The maximum absolute atomic E-state index is 12.8. The average Bonchev–Trinajstić information content (AvgIpc) is 3.25. The molecule has 1 fully saturated rings. The van der Waals surface area contributed by atoms with Crippen molar-refractivity contribution in [1.82, 2.24) is 5.32 Å². The number of hydrogen-bond acceptors (Lipinski definition) is 5. The molecule has 0 aliphatic carbocycles. The summed E-state index contributed by atoms with van der Waals surface area (Å²) in [6.07, 6.45) is 0.371. The van der Waals surface area contributed by atoms with Crippen molar-refractivity contribution >= 4 is 29.0 Å². The molecule has 0 saturated carbocycles. The van der Waals surface area contributed by atoms with Crippen LogP contribution in [0.3, 0.4) is 0 Å². The van der Waals surface area contributed by atoms with Crippen LogP contribution in [-0.4, -0.2) is 37.3 Å². The van der Waals surface area contributed by atoms with Gasteiger partial charge in [0.15, 0.2) is 5.78 Å². The molecule has 2 atom stereocenters. The molecule has 28 heavy (non-hydrogen) atoms. The van der Waals surface area contributed by atoms with E-state index in [1.807, 2.05) is 24.3 Å². The predicted molar refractivity (Wildman–Crippen MR) is 105 cm³/mol. The number of hydrogen-bond donors (Lipinski definition) is 3. The van der Waals surface area contributed by atoms with Gasteiger partial charge in [-0.15, -0.1) is 0 Å². The Morgan fingerprint density at radius 3 is 2.75 bits per heavy atom. The third-order valence-electron chi connectivity index (χ3n) is 5.51. The second-order valence-corrected chi connectivity index (χ2v) is 7.18. The molecule has 2 unspecified atom stereocenters. The van der Waals surface area contributed by atoms with Crippen LogP contribution in [0, 0.1) is 0 Å². The topological polar surface area (TPSA) is 96.5 Å². The number of para-hydroxylation sites is 1. The Morgan fingerprint density at radius 1 is 1.21 bits per heavy atom. The van der Waals surface area contributed by atoms with Crippen molar-refractivity contribution in [3.05, 3.63) is 53.6 Å². The molecule has 1 spiro atoms. The van der Waals surface area contributed by atoms with Gasteiger partial charge in [0.05, 0.1) is 24.3 Å². The minimum atomic E-state index is -0.735. The molecule has 144 valence electrons. The molecule has 2 aliphatic heterocycles. The van der Waals surface area contributed by atoms with Gasteiger partial charge in [0.25, 0.3) is 0 Å².